The van der Waals surface area contributed by atoms with E-state index < -0.39 is 5.92 Å². The van der Waals surface area contributed by atoms with Crippen molar-refractivity contribution in [2.45, 2.75) is 19.4 Å². The molecule has 0 radical (unpaired) electrons. The number of carbonyl (C=O) groups is 1. The van der Waals surface area contributed by atoms with Gasteiger partial charge in [0.2, 0.25) is 0 Å². The molecular weight excluding hydrogens is 472 g/mol. The maximum absolute atomic E-state index is 12.9. The van der Waals surface area contributed by atoms with Crippen molar-refractivity contribution < 1.29 is 23.7 Å². The molecule has 176 valence electrons. The summed E-state index contributed by atoms with van der Waals surface area (Å²) in [5.41, 5.74) is 1.63. The number of hydrogen-bond acceptors (Lipinski definition) is 9. The van der Waals surface area contributed by atoms with Gasteiger partial charge in [-0.25, -0.2) is 4.98 Å². The molecule has 1 aliphatic heterocycles. The van der Waals surface area contributed by atoms with Crippen LogP contribution in [0, 0.1) is 5.41 Å². The molecule has 0 bridgehead atoms. The highest BCUT2D eigenvalue weighted by Gasteiger charge is 2.38. The van der Waals surface area contributed by atoms with E-state index in [0.717, 1.165) is 11.1 Å². The SMILES string of the molecule is CCOc1cc(/C=C2\SC(=N)[C@@H](c3nccs3)C2=O)ccc1OCc1cc(OC)ccc1OC. The summed E-state index contributed by atoms with van der Waals surface area (Å²) in [6.07, 6.45) is 3.44. The molecule has 0 spiro atoms. The molecule has 0 unspecified atom stereocenters. The summed E-state index contributed by atoms with van der Waals surface area (Å²) < 4.78 is 22.6. The van der Waals surface area contributed by atoms with E-state index >= 15 is 0 Å². The number of allylic oxidation sites excluding steroid dienone is 1. The van der Waals surface area contributed by atoms with Crippen LogP contribution in [0.1, 0.15) is 29.0 Å². The molecule has 1 aromatic heterocycles. The molecule has 1 atom stereocenters. The van der Waals surface area contributed by atoms with Crippen LogP contribution in [0.4, 0.5) is 0 Å². The van der Waals surface area contributed by atoms with Crippen LogP contribution in [0.2, 0.25) is 0 Å². The Morgan fingerprint density at radius 1 is 1.06 bits per heavy atom. The molecule has 34 heavy (non-hydrogen) atoms. The molecule has 7 nitrogen and oxygen atoms in total. The van der Waals surface area contributed by atoms with Crippen molar-refractivity contribution in [1.82, 2.24) is 4.98 Å². The van der Waals surface area contributed by atoms with Crippen LogP contribution in [0.25, 0.3) is 6.08 Å². The maximum Gasteiger partial charge on any atom is 0.186 e. The Morgan fingerprint density at radius 3 is 2.59 bits per heavy atom. The van der Waals surface area contributed by atoms with Crippen LogP contribution in [0.15, 0.2) is 52.9 Å². The number of ketones is 1. The summed E-state index contributed by atoms with van der Waals surface area (Å²) in [5.74, 6) is 1.85. The van der Waals surface area contributed by atoms with Gasteiger partial charge in [-0.05, 0) is 48.9 Å². The lowest BCUT2D eigenvalue weighted by Gasteiger charge is -2.15. The molecule has 1 N–H and O–H groups in total. The summed E-state index contributed by atoms with van der Waals surface area (Å²) in [6, 6.07) is 11.1. The quantitative estimate of drug-likeness (QED) is 0.388. The Bertz CT molecular complexity index is 1220. The number of hydrogen-bond donors (Lipinski definition) is 1. The van der Waals surface area contributed by atoms with Gasteiger partial charge in [-0.3, -0.25) is 10.2 Å². The third kappa shape index (κ3) is 5.10. The van der Waals surface area contributed by atoms with Gasteiger partial charge in [0.05, 0.1) is 30.8 Å². The maximum atomic E-state index is 12.9. The molecule has 4 rings (SSSR count). The summed E-state index contributed by atoms with van der Waals surface area (Å²) >= 11 is 2.57. The van der Waals surface area contributed by atoms with Gasteiger partial charge >= 0.3 is 0 Å². The van der Waals surface area contributed by atoms with E-state index in [1.54, 1.807) is 26.5 Å². The Kier molecular flexibility index (Phi) is 7.54. The first kappa shape index (κ1) is 23.8. The predicted molar refractivity (Wildman–Crippen MR) is 135 cm³/mol. The largest absolute Gasteiger partial charge is 0.497 e. The molecule has 9 heteroatoms. The van der Waals surface area contributed by atoms with Crippen LogP contribution in [-0.4, -0.2) is 36.6 Å². The number of aromatic nitrogens is 1. The van der Waals surface area contributed by atoms with Gasteiger partial charge in [-0.2, -0.15) is 0 Å². The van der Waals surface area contributed by atoms with E-state index in [-0.39, 0.29) is 12.4 Å². The molecule has 0 aliphatic carbocycles. The number of nitrogens with one attached hydrogen (secondary N) is 1. The second-order valence-corrected chi connectivity index (χ2v) is 9.26. The molecule has 3 aromatic rings. The fourth-order valence-electron chi connectivity index (χ4n) is 3.49. The summed E-state index contributed by atoms with van der Waals surface area (Å²) in [5, 5.41) is 11.0. The zero-order chi connectivity index (χ0) is 24.1. The highest BCUT2D eigenvalue weighted by molar-refractivity contribution is 8.19. The second-order valence-electron chi connectivity index (χ2n) is 7.25. The third-order valence-corrected chi connectivity index (χ3v) is 6.96. The number of ether oxygens (including phenoxy) is 4. The predicted octanol–water partition coefficient (Wildman–Crippen LogP) is 5.56. The highest BCUT2D eigenvalue weighted by atomic mass is 32.2. The van der Waals surface area contributed by atoms with E-state index in [9.17, 15) is 4.79 Å². The van der Waals surface area contributed by atoms with E-state index in [2.05, 4.69) is 4.98 Å². The number of thiazole rings is 1. The summed E-state index contributed by atoms with van der Waals surface area (Å²) in [6.45, 7) is 2.63. The molecule has 1 aliphatic rings. The smallest absolute Gasteiger partial charge is 0.186 e. The number of Topliss-reactive ketones (excluding diaryl/α,β-unsaturated/α-hetero) is 1. The minimum atomic E-state index is -0.608. The lowest BCUT2D eigenvalue weighted by molar-refractivity contribution is -0.114. The van der Waals surface area contributed by atoms with Crippen molar-refractivity contribution in [2.75, 3.05) is 20.8 Å². The molecule has 0 amide bonds. The number of nitrogens with zero attached hydrogens (tertiary/aromatic N) is 1. The Morgan fingerprint density at radius 2 is 1.88 bits per heavy atom. The summed E-state index contributed by atoms with van der Waals surface area (Å²) in [7, 11) is 3.22. The van der Waals surface area contributed by atoms with Gasteiger partial charge in [0, 0.05) is 17.1 Å². The van der Waals surface area contributed by atoms with Crippen LogP contribution in [0.3, 0.4) is 0 Å². The Hall–Kier alpha value is -3.30. The lowest BCUT2D eigenvalue weighted by Crippen LogP contribution is -2.11. The molecule has 1 saturated heterocycles. The zero-order valence-corrected chi connectivity index (χ0v) is 20.6. The second kappa shape index (κ2) is 10.8. The average molecular weight is 497 g/mol. The van der Waals surface area contributed by atoms with Crippen LogP contribution < -0.4 is 18.9 Å². The molecule has 2 heterocycles. The first-order chi connectivity index (χ1) is 16.5. The molecule has 2 aromatic carbocycles. The van der Waals surface area contributed by atoms with E-state index in [0.29, 0.717) is 44.6 Å². The van der Waals surface area contributed by atoms with Crippen LogP contribution in [-0.2, 0) is 11.4 Å². The van der Waals surface area contributed by atoms with E-state index in [4.69, 9.17) is 24.4 Å². The fourth-order valence-corrected chi connectivity index (χ4v) is 5.30. The van der Waals surface area contributed by atoms with Crippen molar-refractivity contribution >= 4 is 40.0 Å². The Balaban J connectivity index is 1.55. The Labute approximate surface area is 206 Å². The molecule has 0 saturated carbocycles. The van der Waals surface area contributed by atoms with Crippen molar-refractivity contribution in [3.63, 3.8) is 0 Å². The van der Waals surface area contributed by atoms with E-state index in [1.165, 1.54) is 23.1 Å². The fraction of sp³-hybridized carbons (Fsp3) is 0.240. The normalized spacial score (nSPS) is 16.7. The third-order valence-electron chi connectivity index (χ3n) is 5.12. The van der Waals surface area contributed by atoms with E-state index in [1.807, 2.05) is 48.7 Å². The van der Waals surface area contributed by atoms with Crippen molar-refractivity contribution in [1.29, 1.82) is 5.41 Å². The van der Waals surface area contributed by atoms with Crippen molar-refractivity contribution in [3.8, 4) is 23.0 Å². The average Bonchev–Trinajstić information content (AvgIpc) is 3.46. The number of carbonyl (C=O) groups excluding carboxylic acids is 1. The topological polar surface area (TPSA) is 90.7 Å². The first-order valence-electron chi connectivity index (χ1n) is 10.6. The number of methoxy groups -OCH3 is 2. The number of thioether (sulfide) groups is 1. The first-order valence-corrected chi connectivity index (χ1v) is 12.3. The van der Waals surface area contributed by atoms with Gasteiger partial charge in [-0.15, -0.1) is 11.3 Å². The standard InChI is InChI=1S/C25H24N2O5S2/c1-4-31-20-11-15(12-21-23(28)22(24(26)34-21)25-27-9-10-33-25)5-7-19(20)32-14-16-13-17(29-2)6-8-18(16)30-3/h5-13,22,26H,4,14H2,1-3H3/b21-12-,26-24?/t22-/m0/s1. The van der Waals surface area contributed by atoms with Crippen LogP contribution in [0.5, 0.6) is 23.0 Å². The van der Waals surface area contributed by atoms with Gasteiger partial charge in [0.1, 0.15) is 29.0 Å². The van der Waals surface area contributed by atoms with Crippen molar-refractivity contribution in [2.24, 2.45) is 0 Å². The van der Waals surface area contributed by atoms with Crippen molar-refractivity contribution in [3.05, 3.63) is 69.0 Å². The number of benzene rings is 2. The summed E-state index contributed by atoms with van der Waals surface area (Å²) in [4.78, 5) is 17.7. The van der Waals surface area contributed by atoms with Gasteiger partial charge in [-0.1, -0.05) is 17.8 Å². The van der Waals surface area contributed by atoms with Gasteiger partial charge < -0.3 is 18.9 Å². The number of rotatable bonds is 9. The monoisotopic (exact) mass is 496 g/mol. The minimum Gasteiger partial charge on any atom is -0.497 e. The van der Waals surface area contributed by atoms with Gasteiger partial charge in [0.25, 0.3) is 0 Å². The minimum absolute atomic E-state index is 0.103. The molecular formula is C25H24N2O5S2. The van der Waals surface area contributed by atoms with Crippen LogP contribution >= 0.6 is 23.1 Å². The highest BCUT2D eigenvalue weighted by Crippen LogP contribution is 2.42. The van der Waals surface area contributed by atoms with Gasteiger partial charge in [0.15, 0.2) is 17.3 Å². The lowest BCUT2D eigenvalue weighted by atomic mass is 10.0. The molecule has 1 fully saturated rings. The zero-order valence-electron chi connectivity index (χ0n) is 19.0.